The molecule has 0 spiro atoms. The van der Waals surface area contributed by atoms with E-state index < -0.39 is 25.2 Å². The Labute approximate surface area is 320 Å². The molecule has 0 aromatic heterocycles. The third kappa shape index (κ3) is 111. The minimum atomic E-state index is -2.26. The van der Waals surface area contributed by atoms with Crippen molar-refractivity contribution in [2.75, 3.05) is 19.8 Å². The van der Waals surface area contributed by atoms with E-state index in [1.807, 2.05) is 0 Å². The zero-order chi connectivity index (χ0) is 44.3. The molecule has 0 radical (unpaired) electrons. The van der Waals surface area contributed by atoms with Crippen LogP contribution in [0.1, 0.15) is 6.42 Å². The summed E-state index contributed by atoms with van der Waals surface area (Å²) in [6, 6.07) is 0.850. The molecular weight excluding hydrogens is 733 g/mol. The van der Waals surface area contributed by atoms with E-state index in [1.54, 1.807) is 0 Å². The van der Waals surface area contributed by atoms with Gasteiger partial charge in [-0.15, -0.1) is 132 Å². The fourth-order valence-corrected chi connectivity index (χ4v) is 14.8. The second-order valence-electron chi connectivity index (χ2n) is 8.09. The lowest BCUT2D eigenvalue weighted by molar-refractivity contribution is -0.853. The summed E-state index contributed by atoms with van der Waals surface area (Å²) < 4.78 is 18.3. The molecule has 0 saturated carbocycles. The van der Waals surface area contributed by atoms with Gasteiger partial charge in [0.25, 0.3) is 0 Å². The zero-order valence-electron chi connectivity index (χ0n) is 33.5. The molecule has 0 unspecified atom stereocenters. The second-order valence-corrected chi connectivity index (χ2v) is 20.9. The molecule has 0 rings (SSSR count). The summed E-state index contributed by atoms with van der Waals surface area (Å²) in [6.45, 7) is 76.0. The van der Waals surface area contributed by atoms with E-state index in [2.05, 4.69) is 233 Å². The predicted octanol–water partition coefficient (Wildman–Crippen LogP) is 11.6. The molecule has 0 amide bonds. The number of hydrogen-bond acceptors (Lipinski definition) is 15. The highest BCUT2D eigenvalue weighted by molar-refractivity contribution is 6.87. The van der Waals surface area contributed by atoms with Crippen LogP contribution in [-0.2, 0) is 68.1 Å². The van der Waals surface area contributed by atoms with Gasteiger partial charge >= 0.3 is 8.56 Å². The summed E-state index contributed by atoms with van der Waals surface area (Å²) in [6.07, 6.45) is 2.05. The van der Waals surface area contributed by atoms with Gasteiger partial charge in [-0.1, -0.05) is 0 Å². The summed E-state index contributed by atoms with van der Waals surface area (Å²) in [5.41, 5.74) is 0. The van der Waals surface area contributed by atoms with Gasteiger partial charge in [-0.25, -0.2) is 4.89 Å². The highest BCUT2D eigenvalue weighted by atomic mass is 28.5. The van der Waals surface area contributed by atoms with Crippen molar-refractivity contribution < 1.29 is 73.2 Å². The van der Waals surface area contributed by atoms with Crippen LogP contribution < -0.4 is 0 Å². The monoisotopic (exact) mass is 806 g/mol. The molecular formula is C34H74O15Si3. The average molecular weight is 807 g/mol. The first-order valence-electron chi connectivity index (χ1n) is 14.5. The molecule has 1 N–H and O–H groups in total. The molecule has 0 aromatic rings. The summed E-state index contributed by atoms with van der Waals surface area (Å²) in [4.78, 5) is 8.58. The van der Waals surface area contributed by atoms with E-state index in [0.717, 1.165) is 12.5 Å². The van der Waals surface area contributed by atoms with Crippen molar-refractivity contribution in [1.82, 2.24) is 0 Å². The van der Waals surface area contributed by atoms with Crippen molar-refractivity contribution in [2.45, 2.75) is 58.3 Å². The van der Waals surface area contributed by atoms with Crippen LogP contribution >= 0.6 is 0 Å². The number of aliphatic hydroxyl groups is 1. The highest BCUT2D eigenvalue weighted by Crippen LogP contribution is 2.25. The number of rotatable bonds is 22. The Morgan fingerprint density at radius 3 is 1.04 bits per heavy atom. The van der Waals surface area contributed by atoms with Gasteiger partial charge in [-0.05, 0) is 78.4 Å². The Morgan fingerprint density at radius 2 is 0.731 bits per heavy atom. The SMILES string of the molecule is C=C.C=C.C=C.C=C.C=C.C=C.C=C.C=C.C=C.C=C.C[Si](C)(C)O[Si](C)(CCCOCCOOOOOOOOOOO/C=C\O)O[Si](C)(C)C. The molecule has 0 aliphatic heterocycles. The molecule has 0 bridgehead atoms. The Bertz CT molecular complexity index is 579. The van der Waals surface area contributed by atoms with Gasteiger partial charge in [-0.2, -0.15) is 0 Å². The normalized spacial score (nSPS) is 8.90. The van der Waals surface area contributed by atoms with E-state index in [1.165, 1.54) is 0 Å². The van der Waals surface area contributed by atoms with Gasteiger partial charge < -0.3 is 23.0 Å². The van der Waals surface area contributed by atoms with Gasteiger partial charge in [0.2, 0.25) is 0 Å². The minimum Gasteiger partial charge on any atom is -0.512 e. The van der Waals surface area contributed by atoms with E-state index in [-0.39, 0.29) is 13.2 Å². The summed E-state index contributed by atoms with van der Waals surface area (Å²) in [5, 5.41) is 42.5. The standard InChI is InChI=1S/C14H34O15Si3.10C2H4/c1-30(2,3)28-32(7,29-31(4,5)6)14-8-10-16-12-13-18-20-22-24-26-27-25-23-21-19-17-11-9-15;10*1-2/h9,11,15H,8,10,12-14H2,1-7H3;10*1-2H2/b11-9-;;;;;;;;;;. The molecule has 312 valence electrons. The summed E-state index contributed by atoms with van der Waals surface area (Å²) in [7, 11) is -5.68. The lowest BCUT2D eigenvalue weighted by Gasteiger charge is -2.38. The molecule has 0 heterocycles. The zero-order valence-corrected chi connectivity index (χ0v) is 36.5. The first-order chi connectivity index (χ1) is 25.0. The molecule has 0 fully saturated rings. The van der Waals surface area contributed by atoms with E-state index in [0.29, 0.717) is 19.1 Å². The summed E-state index contributed by atoms with van der Waals surface area (Å²) in [5.74, 6) is 0. The van der Waals surface area contributed by atoms with Gasteiger partial charge in [0.1, 0.15) is 12.9 Å². The Kier molecular flexibility index (Phi) is 123. The van der Waals surface area contributed by atoms with E-state index >= 15 is 0 Å². The molecule has 18 heteroatoms. The van der Waals surface area contributed by atoms with Crippen LogP contribution in [0.4, 0.5) is 0 Å². The first kappa shape index (κ1) is 78.1. The fraction of sp³-hybridized carbons (Fsp3) is 0.353. The predicted molar refractivity (Wildman–Crippen MR) is 222 cm³/mol. The van der Waals surface area contributed by atoms with Crippen molar-refractivity contribution in [3.63, 3.8) is 0 Å². The molecule has 52 heavy (non-hydrogen) atoms. The number of ether oxygens (including phenoxy) is 1. The van der Waals surface area contributed by atoms with Crippen LogP contribution in [0.5, 0.6) is 0 Å². The van der Waals surface area contributed by atoms with Crippen LogP contribution in [-0.4, -0.2) is 50.1 Å². The molecule has 0 aliphatic carbocycles. The topological polar surface area (TPSA) is 149 Å². The van der Waals surface area contributed by atoms with Crippen molar-refractivity contribution in [3.05, 3.63) is 144 Å². The van der Waals surface area contributed by atoms with Crippen LogP contribution in [0, 0.1) is 0 Å². The van der Waals surface area contributed by atoms with Crippen LogP contribution in [0.25, 0.3) is 0 Å². The lowest BCUT2D eigenvalue weighted by Crippen LogP contribution is -2.52. The maximum absolute atomic E-state index is 8.16. The minimum absolute atomic E-state index is 0.0583. The quantitative estimate of drug-likeness (QED) is 0.0276. The van der Waals surface area contributed by atoms with Crippen LogP contribution in [0.3, 0.4) is 0 Å². The van der Waals surface area contributed by atoms with Crippen molar-refractivity contribution in [2.24, 2.45) is 0 Å². The maximum Gasteiger partial charge on any atom is 0.314 e. The Morgan fingerprint density at radius 1 is 0.423 bits per heavy atom. The largest absolute Gasteiger partial charge is 0.512 e. The highest BCUT2D eigenvalue weighted by Gasteiger charge is 2.39. The van der Waals surface area contributed by atoms with Crippen molar-refractivity contribution in [3.8, 4) is 0 Å². The van der Waals surface area contributed by atoms with Crippen LogP contribution in [0.15, 0.2) is 144 Å². The lowest BCUT2D eigenvalue weighted by atomic mass is 10.5. The number of aliphatic hydroxyl groups excluding tert-OH is 1. The molecule has 0 aromatic carbocycles. The second kappa shape index (κ2) is 81.7. The van der Waals surface area contributed by atoms with E-state index in [4.69, 9.17) is 18.1 Å². The van der Waals surface area contributed by atoms with Gasteiger partial charge in [0, 0.05) is 31.8 Å². The number of hydrogen-bond donors (Lipinski definition) is 1. The average Bonchev–Trinajstić information content (AvgIpc) is 3.17. The Hall–Kier alpha value is -3.13. The van der Waals surface area contributed by atoms with Crippen molar-refractivity contribution >= 4 is 25.2 Å². The fourth-order valence-electron chi connectivity index (χ4n) is 2.31. The van der Waals surface area contributed by atoms with Gasteiger partial charge in [0.15, 0.2) is 22.9 Å². The molecule has 0 saturated heterocycles. The first-order valence-corrected chi connectivity index (χ1v) is 23.9. The van der Waals surface area contributed by atoms with E-state index in [9.17, 15) is 0 Å². The van der Waals surface area contributed by atoms with Gasteiger partial charge in [-0.3, -0.25) is 0 Å². The summed E-state index contributed by atoms with van der Waals surface area (Å²) >= 11 is 0. The van der Waals surface area contributed by atoms with Crippen molar-refractivity contribution in [1.29, 1.82) is 0 Å². The molecule has 0 atom stereocenters. The molecule has 0 aliphatic rings. The third-order valence-electron chi connectivity index (χ3n) is 2.70. The smallest absolute Gasteiger partial charge is 0.314 e. The third-order valence-corrected chi connectivity index (χ3v) is 12.3. The molecule has 15 nitrogen and oxygen atoms in total. The maximum atomic E-state index is 8.16. The van der Waals surface area contributed by atoms with Gasteiger partial charge in [0.05, 0.1) is 6.61 Å². The van der Waals surface area contributed by atoms with Crippen LogP contribution in [0.2, 0.25) is 51.9 Å². The Balaban J connectivity index is -0.0000000797.